The molecule has 1 aromatic rings. The summed E-state index contributed by atoms with van der Waals surface area (Å²) >= 11 is 5.44. The van der Waals surface area contributed by atoms with Gasteiger partial charge in [0.25, 0.3) is 0 Å². The van der Waals surface area contributed by atoms with Gasteiger partial charge in [-0.25, -0.2) is 0 Å². The van der Waals surface area contributed by atoms with Crippen LogP contribution in [0.1, 0.15) is 26.3 Å². The molecular weight excluding hydrogens is 386 g/mol. The van der Waals surface area contributed by atoms with E-state index in [0.717, 1.165) is 11.3 Å². The molecule has 1 aliphatic heterocycles. The molecule has 1 aromatic carbocycles. The molecule has 160 valence electrons. The maximum atomic E-state index is 12.6. The van der Waals surface area contributed by atoms with Crippen LogP contribution in [0.4, 0.5) is 5.69 Å². The van der Waals surface area contributed by atoms with E-state index in [1.54, 1.807) is 4.90 Å². The summed E-state index contributed by atoms with van der Waals surface area (Å²) < 4.78 is 0. The Morgan fingerprint density at radius 3 is 2.34 bits per heavy atom. The lowest BCUT2D eigenvalue weighted by molar-refractivity contribution is -0.133. The van der Waals surface area contributed by atoms with E-state index in [-0.39, 0.29) is 23.9 Å². The molecule has 0 saturated carbocycles. The SMILES string of the molecule is Cc1ccccc1NC(=S)N(C)CC(=O)N1CCN(CC(=O)NC(C)(C)C)CC1. The highest BCUT2D eigenvalue weighted by Crippen LogP contribution is 2.14. The molecule has 29 heavy (non-hydrogen) atoms. The Morgan fingerprint density at radius 2 is 1.76 bits per heavy atom. The predicted molar refractivity (Wildman–Crippen MR) is 121 cm³/mol. The number of hydrogen-bond acceptors (Lipinski definition) is 4. The molecule has 1 saturated heterocycles. The van der Waals surface area contributed by atoms with Gasteiger partial charge in [-0.05, 0) is 51.5 Å². The number of anilines is 1. The van der Waals surface area contributed by atoms with Crippen molar-refractivity contribution in [3.8, 4) is 0 Å². The summed E-state index contributed by atoms with van der Waals surface area (Å²) in [5.74, 6) is 0.0601. The molecule has 0 radical (unpaired) electrons. The van der Waals surface area contributed by atoms with Crippen molar-refractivity contribution in [1.82, 2.24) is 20.0 Å². The maximum Gasteiger partial charge on any atom is 0.242 e. The Kier molecular flexibility index (Phi) is 7.98. The fourth-order valence-electron chi connectivity index (χ4n) is 3.11. The molecule has 0 unspecified atom stereocenters. The van der Waals surface area contributed by atoms with Crippen LogP contribution in [-0.4, -0.2) is 83.5 Å². The molecule has 0 atom stereocenters. The first kappa shape index (κ1) is 23.1. The van der Waals surface area contributed by atoms with Gasteiger partial charge in [0.2, 0.25) is 11.8 Å². The monoisotopic (exact) mass is 419 g/mol. The van der Waals surface area contributed by atoms with Crippen molar-refractivity contribution in [3.63, 3.8) is 0 Å². The lowest BCUT2D eigenvalue weighted by atomic mass is 10.1. The summed E-state index contributed by atoms with van der Waals surface area (Å²) in [5.41, 5.74) is 1.81. The molecule has 2 rings (SSSR count). The first-order valence-corrected chi connectivity index (χ1v) is 10.3. The number of nitrogens with one attached hydrogen (secondary N) is 2. The van der Waals surface area contributed by atoms with Crippen molar-refractivity contribution in [2.75, 3.05) is 51.6 Å². The number of rotatable bonds is 5. The van der Waals surface area contributed by atoms with Crippen LogP contribution in [0, 0.1) is 6.92 Å². The molecule has 8 heteroatoms. The van der Waals surface area contributed by atoms with Gasteiger partial charge < -0.3 is 20.4 Å². The number of likely N-dealkylation sites (N-methyl/N-ethyl adjacent to an activating group) is 1. The Morgan fingerprint density at radius 1 is 1.14 bits per heavy atom. The topological polar surface area (TPSA) is 67.9 Å². The number of aryl methyl sites for hydroxylation is 1. The van der Waals surface area contributed by atoms with E-state index in [1.165, 1.54) is 0 Å². The normalized spacial score (nSPS) is 15.0. The third-order valence-electron chi connectivity index (χ3n) is 4.71. The Hall–Kier alpha value is -2.19. The minimum Gasteiger partial charge on any atom is -0.350 e. The molecular formula is C21H33N5O2S. The Balaban J connectivity index is 1.76. The lowest BCUT2D eigenvalue weighted by Crippen LogP contribution is -2.54. The quantitative estimate of drug-likeness (QED) is 0.708. The second kappa shape index (κ2) is 10.0. The number of benzene rings is 1. The lowest BCUT2D eigenvalue weighted by Gasteiger charge is -2.35. The molecule has 1 aliphatic rings. The number of piperazine rings is 1. The van der Waals surface area contributed by atoms with Crippen molar-refractivity contribution in [1.29, 1.82) is 0 Å². The van der Waals surface area contributed by atoms with Crippen molar-refractivity contribution in [3.05, 3.63) is 29.8 Å². The molecule has 0 bridgehead atoms. The van der Waals surface area contributed by atoms with E-state index in [0.29, 0.717) is 37.8 Å². The standard InChI is InChI=1S/C21H33N5O2S/c1-16-8-6-7-9-17(16)22-20(29)24(5)15-19(28)26-12-10-25(11-13-26)14-18(27)23-21(2,3)4/h6-9H,10-15H2,1-5H3,(H,22,29)(H,23,27). The van der Waals surface area contributed by atoms with Crippen molar-refractivity contribution >= 4 is 34.8 Å². The van der Waals surface area contributed by atoms with E-state index in [1.807, 2.05) is 63.9 Å². The number of carbonyl (C=O) groups is 2. The van der Waals surface area contributed by atoms with Gasteiger partial charge >= 0.3 is 0 Å². The average Bonchev–Trinajstić information content (AvgIpc) is 2.62. The average molecular weight is 420 g/mol. The number of amides is 2. The highest BCUT2D eigenvalue weighted by molar-refractivity contribution is 7.80. The molecule has 0 spiro atoms. The van der Waals surface area contributed by atoms with Gasteiger partial charge in [-0.1, -0.05) is 18.2 Å². The fraction of sp³-hybridized carbons (Fsp3) is 0.571. The first-order valence-electron chi connectivity index (χ1n) is 9.94. The van der Waals surface area contributed by atoms with E-state index in [4.69, 9.17) is 12.2 Å². The van der Waals surface area contributed by atoms with Crippen LogP contribution in [0.3, 0.4) is 0 Å². The summed E-state index contributed by atoms with van der Waals surface area (Å²) in [4.78, 5) is 30.4. The summed E-state index contributed by atoms with van der Waals surface area (Å²) in [5, 5.41) is 6.69. The molecule has 1 fully saturated rings. The third kappa shape index (κ3) is 7.62. The Labute approximate surface area is 179 Å². The number of nitrogens with zero attached hydrogens (tertiary/aromatic N) is 3. The van der Waals surface area contributed by atoms with Gasteiger partial charge in [-0.2, -0.15) is 0 Å². The summed E-state index contributed by atoms with van der Waals surface area (Å²) in [6.45, 7) is 11.1. The minimum atomic E-state index is -0.232. The predicted octanol–water partition coefficient (Wildman–Crippen LogP) is 1.68. The molecule has 7 nitrogen and oxygen atoms in total. The number of thiocarbonyl (C=S) groups is 1. The highest BCUT2D eigenvalue weighted by Gasteiger charge is 2.24. The number of carbonyl (C=O) groups excluding carboxylic acids is 2. The second-order valence-electron chi connectivity index (χ2n) is 8.56. The van der Waals surface area contributed by atoms with E-state index in [9.17, 15) is 9.59 Å². The van der Waals surface area contributed by atoms with Crippen LogP contribution in [-0.2, 0) is 9.59 Å². The zero-order chi connectivity index (χ0) is 21.6. The number of hydrogen-bond donors (Lipinski definition) is 2. The van der Waals surface area contributed by atoms with E-state index in [2.05, 4.69) is 15.5 Å². The zero-order valence-corrected chi connectivity index (χ0v) is 18.9. The van der Waals surface area contributed by atoms with Gasteiger partial charge in [-0.3, -0.25) is 14.5 Å². The largest absolute Gasteiger partial charge is 0.350 e. The fourth-order valence-corrected chi connectivity index (χ4v) is 3.29. The molecule has 0 aromatic heterocycles. The first-order chi connectivity index (χ1) is 13.5. The molecule has 1 heterocycles. The van der Waals surface area contributed by atoms with Crippen LogP contribution in [0.2, 0.25) is 0 Å². The van der Waals surface area contributed by atoms with Gasteiger partial charge in [0.05, 0.1) is 13.1 Å². The summed E-state index contributed by atoms with van der Waals surface area (Å²) in [7, 11) is 1.82. The van der Waals surface area contributed by atoms with Crippen LogP contribution < -0.4 is 10.6 Å². The Bertz CT molecular complexity index is 739. The van der Waals surface area contributed by atoms with Gasteiger partial charge in [-0.15, -0.1) is 0 Å². The van der Waals surface area contributed by atoms with Gasteiger partial charge in [0.15, 0.2) is 5.11 Å². The highest BCUT2D eigenvalue weighted by atomic mass is 32.1. The van der Waals surface area contributed by atoms with Crippen molar-refractivity contribution in [2.24, 2.45) is 0 Å². The molecule has 2 amide bonds. The van der Waals surface area contributed by atoms with Gasteiger partial charge in [0.1, 0.15) is 0 Å². The zero-order valence-electron chi connectivity index (χ0n) is 18.1. The van der Waals surface area contributed by atoms with Crippen LogP contribution in [0.5, 0.6) is 0 Å². The van der Waals surface area contributed by atoms with Crippen molar-refractivity contribution in [2.45, 2.75) is 33.2 Å². The van der Waals surface area contributed by atoms with Gasteiger partial charge in [0, 0.05) is 44.5 Å². The van der Waals surface area contributed by atoms with Crippen LogP contribution in [0.15, 0.2) is 24.3 Å². The maximum absolute atomic E-state index is 12.6. The van der Waals surface area contributed by atoms with E-state index >= 15 is 0 Å². The third-order valence-corrected chi connectivity index (χ3v) is 5.13. The molecule has 0 aliphatic carbocycles. The minimum absolute atomic E-state index is 0.0182. The van der Waals surface area contributed by atoms with Crippen molar-refractivity contribution < 1.29 is 9.59 Å². The summed E-state index contributed by atoms with van der Waals surface area (Å²) in [6.07, 6.45) is 0. The summed E-state index contributed by atoms with van der Waals surface area (Å²) in [6, 6.07) is 7.90. The second-order valence-corrected chi connectivity index (χ2v) is 8.94. The van der Waals surface area contributed by atoms with E-state index < -0.39 is 0 Å². The molecule has 2 N–H and O–H groups in total. The van der Waals surface area contributed by atoms with Crippen LogP contribution >= 0.6 is 12.2 Å². The smallest absolute Gasteiger partial charge is 0.242 e. The number of para-hydroxylation sites is 1. The van der Waals surface area contributed by atoms with Crippen LogP contribution in [0.25, 0.3) is 0 Å².